The van der Waals surface area contributed by atoms with Gasteiger partial charge in [-0.1, -0.05) is 11.6 Å². The van der Waals surface area contributed by atoms with Crippen molar-refractivity contribution in [1.29, 1.82) is 0 Å². The molecule has 8 nitrogen and oxygen atoms in total. The maximum Gasteiger partial charge on any atom is 0.274 e. The number of fused-ring (bicyclic) bond motifs is 1. The first-order chi connectivity index (χ1) is 15.4. The predicted molar refractivity (Wildman–Crippen MR) is 124 cm³/mol. The third kappa shape index (κ3) is 3.64. The average Bonchev–Trinajstić information content (AvgIpc) is 3.52. The lowest BCUT2D eigenvalue weighted by Crippen LogP contribution is -2.40. The van der Waals surface area contributed by atoms with Crippen LogP contribution in [0.15, 0.2) is 18.5 Å². The molecule has 0 saturated carbocycles. The van der Waals surface area contributed by atoms with Gasteiger partial charge in [-0.05, 0) is 52.9 Å². The second-order valence-corrected chi connectivity index (χ2v) is 9.61. The molecule has 2 aliphatic heterocycles. The summed E-state index contributed by atoms with van der Waals surface area (Å²) in [5, 5.41) is 9.57. The molecule has 0 aliphatic carbocycles. The van der Waals surface area contributed by atoms with Crippen LogP contribution in [-0.4, -0.2) is 54.8 Å². The van der Waals surface area contributed by atoms with Crippen molar-refractivity contribution in [3.63, 3.8) is 0 Å². The number of anilines is 1. The lowest BCUT2D eigenvalue weighted by molar-refractivity contribution is 0.0591. The van der Waals surface area contributed by atoms with E-state index in [1.807, 2.05) is 29.3 Å². The second kappa shape index (κ2) is 8.39. The maximum absolute atomic E-state index is 13.6. The van der Waals surface area contributed by atoms with E-state index in [4.69, 9.17) is 21.7 Å². The molecule has 2 aliphatic rings. The van der Waals surface area contributed by atoms with Gasteiger partial charge in [-0.15, -0.1) is 0 Å². The van der Waals surface area contributed by atoms with Gasteiger partial charge in [-0.3, -0.25) is 9.48 Å². The van der Waals surface area contributed by atoms with Gasteiger partial charge in [0.25, 0.3) is 5.91 Å². The highest BCUT2D eigenvalue weighted by atomic mass is 35.5. The fourth-order valence-corrected chi connectivity index (χ4v) is 5.19. The molecule has 0 bridgehead atoms. The number of nitrogens with zero attached hydrogens (tertiary/aromatic N) is 7. The SMILES string of the molecule is Cc1cn2nc([C@@H]3CCCCN3C(=O)c3c(Cl)cnn3C(C)C)cc2nc1N1CCCC1. The molecule has 0 radical (unpaired) electrons. The number of amides is 1. The number of aromatic nitrogens is 5. The van der Waals surface area contributed by atoms with Crippen LogP contribution in [-0.2, 0) is 0 Å². The lowest BCUT2D eigenvalue weighted by Gasteiger charge is -2.35. The number of carbonyl (C=O) groups excluding carboxylic acids is 1. The Kier molecular flexibility index (Phi) is 5.57. The summed E-state index contributed by atoms with van der Waals surface area (Å²) < 4.78 is 3.57. The topological polar surface area (TPSA) is 71.6 Å². The first-order valence-electron chi connectivity index (χ1n) is 11.6. The molecule has 32 heavy (non-hydrogen) atoms. The maximum atomic E-state index is 13.6. The summed E-state index contributed by atoms with van der Waals surface area (Å²) in [6.45, 7) is 8.89. The van der Waals surface area contributed by atoms with Crippen molar-refractivity contribution in [2.45, 2.75) is 65.0 Å². The fourth-order valence-electron chi connectivity index (χ4n) is 4.98. The Morgan fingerprint density at radius 3 is 2.66 bits per heavy atom. The Morgan fingerprint density at radius 1 is 1.16 bits per heavy atom. The molecule has 2 saturated heterocycles. The third-order valence-corrected chi connectivity index (χ3v) is 6.85. The number of likely N-dealkylation sites (tertiary alicyclic amines) is 1. The molecule has 0 aromatic carbocycles. The minimum atomic E-state index is -0.0972. The molecule has 0 N–H and O–H groups in total. The van der Waals surface area contributed by atoms with E-state index in [1.54, 1.807) is 10.9 Å². The number of halogens is 1. The molecular formula is C23H30ClN7O. The molecule has 9 heteroatoms. The number of rotatable bonds is 4. The zero-order valence-electron chi connectivity index (χ0n) is 19.0. The van der Waals surface area contributed by atoms with Crippen molar-refractivity contribution in [3.05, 3.63) is 40.4 Å². The molecule has 5 rings (SSSR count). The van der Waals surface area contributed by atoms with Gasteiger partial charge < -0.3 is 9.80 Å². The molecule has 5 heterocycles. The summed E-state index contributed by atoms with van der Waals surface area (Å²) in [6.07, 6.45) is 8.95. The smallest absolute Gasteiger partial charge is 0.274 e. The Morgan fingerprint density at radius 2 is 1.91 bits per heavy atom. The highest BCUT2D eigenvalue weighted by molar-refractivity contribution is 6.33. The minimum Gasteiger partial charge on any atom is -0.356 e. The highest BCUT2D eigenvalue weighted by Crippen LogP contribution is 2.34. The van der Waals surface area contributed by atoms with Crippen LogP contribution in [0.3, 0.4) is 0 Å². The zero-order valence-corrected chi connectivity index (χ0v) is 19.7. The number of piperidine rings is 1. The summed E-state index contributed by atoms with van der Waals surface area (Å²) in [4.78, 5) is 22.8. The Balaban J connectivity index is 1.50. The van der Waals surface area contributed by atoms with Gasteiger partial charge in [0.15, 0.2) is 5.65 Å². The summed E-state index contributed by atoms with van der Waals surface area (Å²) >= 11 is 6.39. The van der Waals surface area contributed by atoms with Crippen molar-refractivity contribution in [2.24, 2.45) is 0 Å². The molecule has 1 atom stereocenters. The Hall–Kier alpha value is -2.61. The molecule has 3 aromatic heterocycles. The van der Waals surface area contributed by atoms with Gasteiger partial charge >= 0.3 is 0 Å². The van der Waals surface area contributed by atoms with Gasteiger partial charge in [0.1, 0.15) is 11.5 Å². The van der Waals surface area contributed by atoms with Crippen LogP contribution >= 0.6 is 11.6 Å². The highest BCUT2D eigenvalue weighted by Gasteiger charge is 2.34. The predicted octanol–water partition coefficient (Wildman–Crippen LogP) is 4.44. The van der Waals surface area contributed by atoms with E-state index in [2.05, 4.69) is 23.1 Å². The summed E-state index contributed by atoms with van der Waals surface area (Å²) in [7, 11) is 0. The van der Waals surface area contributed by atoms with Crippen molar-refractivity contribution in [3.8, 4) is 0 Å². The standard InChI is InChI=1S/C23H30ClN7O/c1-15(2)31-21(17(24)13-25-31)23(32)29-11-5-4-8-19(29)18-12-20-26-22(28-9-6-7-10-28)16(3)14-30(20)27-18/h12-15,19H,4-11H2,1-3H3/t19-/m0/s1. The van der Waals surface area contributed by atoms with Crippen LogP contribution in [0.25, 0.3) is 5.65 Å². The number of hydrogen-bond acceptors (Lipinski definition) is 5. The first kappa shape index (κ1) is 21.2. The van der Waals surface area contributed by atoms with Crippen molar-refractivity contribution >= 4 is 29.0 Å². The monoisotopic (exact) mass is 455 g/mol. The van der Waals surface area contributed by atoms with E-state index in [9.17, 15) is 4.79 Å². The molecule has 0 unspecified atom stereocenters. The summed E-state index contributed by atoms with van der Waals surface area (Å²) in [5.41, 5.74) is 3.30. The first-order valence-corrected chi connectivity index (χ1v) is 12.0. The van der Waals surface area contributed by atoms with Crippen LogP contribution in [0.1, 0.15) is 79.8 Å². The van der Waals surface area contributed by atoms with Gasteiger partial charge in [0.2, 0.25) is 0 Å². The molecule has 1 amide bonds. The van der Waals surface area contributed by atoms with Crippen LogP contribution in [0, 0.1) is 6.92 Å². The van der Waals surface area contributed by atoms with Crippen molar-refractivity contribution in [1.82, 2.24) is 29.3 Å². The molecule has 170 valence electrons. The van der Waals surface area contributed by atoms with Crippen LogP contribution < -0.4 is 4.90 Å². The number of aryl methyl sites for hydroxylation is 1. The molecule has 0 spiro atoms. The van der Waals surface area contributed by atoms with E-state index in [0.29, 0.717) is 17.3 Å². The minimum absolute atomic E-state index is 0.0519. The number of hydrogen-bond donors (Lipinski definition) is 0. The molecule has 3 aromatic rings. The van der Waals surface area contributed by atoms with E-state index in [0.717, 1.165) is 55.1 Å². The molecular weight excluding hydrogens is 426 g/mol. The fraction of sp³-hybridized carbons (Fsp3) is 0.565. The zero-order chi connectivity index (χ0) is 22.4. The normalized spacial score (nSPS) is 19.5. The average molecular weight is 456 g/mol. The quantitative estimate of drug-likeness (QED) is 0.581. The Bertz CT molecular complexity index is 1140. The summed E-state index contributed by atoms with van der Waals surface area (Å²) in [6, 6.07) is 1.99. The third-order valence-electron chi connectivity index (χ3n) is 6.58. The van der Waals surface area contributed by atoms with Gasteiger partial charge in [0, 0.05) is 43.5 Å². The van der Waals surface area contributed by atoms with Crippen LogP contribution in [0.5, 0.6) is 0 Å². The second-order valence-electron chi connectivity index (χ2n) is 9.20. The largest absolute Gasteiger partial charge is 0.356 e. The van der Waals surface area contributed by atoms with E-state index >= 15 is 0 Å². The van der Waals surface area contributed by atoms with E-state index < -0.39 is 0 Å². The molecule has 2 fully saturated rings. The lowest BCUT2D eigenvalue weighted by atomic mass is 9.99. The van der Waals surface area contributed by atoms with E-state index in [1.165, 1.54) is 12.8 Å². The van der Waals surface area contributed by atoms with Gasteiger partial charge in [-0.25, -0.2) is 9.50 Å². The Labute approximate surface area is 193 Å². The van der Waals surface area contributed by atoms with Crippen molar-refractivity contribution in [2.75, 3.05) is 24.5 Å². The van der Waals surface area contributed by atoms with Crippen LogP contribution in [0.2, 0.25) is 5.02 Å². The van der Waals surface area contributed by atoms with Gasteiger partial charge in [-0.2, -0.15) is 10.2 Å². The number of carbonyl (C=O) groups is 1. The summed E-state index contributed by atoms with van der Waals surface area (Å²) in [5.74, 6) is 0.968. The van der Waals surface area contributed by atoms with Crippen LogP contribution in [0.4, 0.5) is 5.82 Å². The van der Waals surface area contributed by atoms with E-state index in [-0.39, 0.29) is 18.0 Å². The van der Waals surface area contributed by atoms with Gasteiger partial charge in [0.05, 0.1) is 23.0 Å². The van der Waals surface area contributed by atoms with Crippen molar-refractivity contribution < 1.29 is 4.79 Å².